The quantitative estimate of drug-likeness (QED) is 0.806. The summed E-state index contributed by atoms with van der Waals surface area (Å²) in [7, 11) is 3.15. The number of amides is 1. The highest BCUT2D eigenvalue weighted by atomic mass is 16.5. The van der Waals surface area contributed by atoms with E-state index in [2.05, 4.69) is 0 Å². The molecule has 144 valence electrons. The average molecular weight is 363 g/mol. The zero-order valence-electron chi connectivity index (χ0n) is 16.3. The van der Waals surface area contributed by atoms with Crippen molar-refractivity contribution in [3.8, 4) is 11.5 Å². The van der Waals surface area contributed by atoms with Gasteiger partial charge in [-0.25, -0.2) is 0 Å². The summed E-state index contributed by atoms with van der Waals surface area (Å²) in [5.74, 6) is 0.336. The number of carboxylic acid groups (broad SMARTS) is 1. The molecule has 1 aromatic rings. The van der Waals surface area contributed by atoms with Crippen molar-refractivity contribution in [1.29, 1.82) is 0 Å². The summed E-state index contributed by atoms with van der Waals surface area (Å²) in [6.45, 7) is 6.40. The Labute approximate surface area is 155 Å². The lowest BCUT2D eigenvalue weighted by molar-refractivity contribution is -0.147. The van der Waals surface area contributed by atoms with Crippen molar-refractivity contribution < 1.29 is 24.2 Å². The minimum atomic E-state index is -0.875. The van der Waals surface area contributed by atoms with Crippen LogP contribution in [0.2, 0.25) is 0 Å². The first-order valence-corrected chi connectivity index (χ1v) is 9.03. The van der Waals surface area contributed by atoms with E-state index < -0.39 is 16.8 Å². The lowest BCUT2D eigenvalue weighted by atomic mass is 9.74. The van der Waals surface area contributed by atoms with Crippen LogP contribution in [0.1, 0.15) is 45.6 Å². The van der Waals surface area contributed by atoms with Gasteiger partial charge in [-0.05, 0) is 43.9 Å². The molecule has 1 N–H and O–H groups in total. The van der Waals surface area contributed by atoms with E-state index in [9.17, 15) is 14.7 Å². The molecule has 6 nitrogen and oxygen atoms in total. The second kappa shape index (κ2) is 7.56. The molecule has 1 heterocycles. The fourth-order valence-corrected chi connectivity index (χ4v) is 3.83. The van der Waals surface area contributed by atoms with Crippen LogP contribution < -0.4 is 9.47 Å². The summed E-state index contributed by atoms with van der Waals surface area (Å²) in [4.78, 5) is 26.7. The van der Waals surface area contributed by atoms with Gasteiger partial charge in [0.25, 0.3) is 0 Å². The Hall–Kier alpha value is -2.24. The zero-order valence-corrected chi connectivity index (χ0v) is 16.3. The Morgan fingerprint density at radius 2 is 1.81 bits per heavy atom. The topological polar surface area (TPSA) is 76.1 Å². The van der Waals surface area contributed by atoms with Crippen LogP contribution in [-0.2, 0) is 15.0 Å². The van der Waals surface area contributed by atoms with Gasteiger partial charge >= 0.3 is 5.97 Å². The van der Waals surface area contributed by atoms with E-state index in [1.165, 1.54) is 0 Å². The molecule has 6 heteroatoms. The Morgan fingerprint density at radius 3 is 2.27 bits per heavy atom. The largest absolute Gasteiger partial charge is 0.493 e. The highest BCUT2D eigenvalue weighted by Gasteiger charge is 2.47. The molecule has 0 spiro atoms. The summed E-state index contributed by atoms with van der Waals surface area (Å²) >= 11 is 0. The summed E-state index contributed by atoms with van der Waals surface area (Å²) in [6.07, 6.45) is 1.72. The number of hydrogen-bond acceptors (Lipinski definition) is 4. The first-order valence-electron chi connectivity index (χ1n) is 9.03. The van der Waals surface area contributed by atoms with Gasteiger partial charge in [-0.15, -0.1) is 0 Å². The molecule has 0 saturated carbocycles. The van der Waals surface area contributed by atoms with Crippen LogP contribution in [0, 0.1) is 5.41 Å². The smallest absolute Gasteiger partial charge is 0.311 e. The number of methoxy groups -OCH3 is 2. The van der Waals surface area contributed by atoms with Crippen LogP contribution in [0.15, 0.2) is 18.2 Å². The van der Waals surface area contributed by atoms with Gasteiger partial charge in [0.1, 0.15) is 0 Å². The maximum absolute atomic E-state index is 13.5. The normalized spacial score (nSPS) is 20.1. The Kier molecular flexibility index (Phi) is 5.84. The predicted molar refractivity (Wildman–Crippen MR) is 98.7 cm³/mol. The van der Waals surface area contributed by atoms with Gasteiger partial charge in [0.05, 0.1) is 25.0 Å². The lowest BCUT2D eigenvalue weighted by Crippen LogP contribution is -2.46. The third-order valence-electron chi connectivity index (χ3n) is 5.83. The standard InChI is InChI=1S/C20H29NO5/c1-6-20(7-2,14-8-9-15(25-4)16(12-14)26-5)17(22)21-11-10-19(3,13-21)18(23)24/h8-9,12H,6-7,10-11,13H2,1-5H3,(H,23,24). The van der Waals surface area contributed by atoms with Crippen molar-refractivity contribution >= 4 is 11.9 Å². The van der Waals surface area contributed by atoms with E-state index in [0.717, 1.165) is 5.56 Å². The molecule has 1 atom stereocenters. The molecule has 1 aromatic carbocycles. The van der Waals surface area contributed by atoms with Crippen LogP contribution in [-0.4, -0.2) is 49.2 Å². The molecule has 1 amide bonds. The maximum atomic E-state index is 13.5. The molecular formula is C20H29NO5. The third-order valence-corrected chi connectivity index (χ3v) is 5.83. The highest BCUT2D eigenvalue weighted by Crippen LogP contribution is 2.41. The first-order chi connectivity index (χ1) is 12.3. The molecule has 2 rings (SSSR count). The van der Waals surface area contributed by atoms with Gasteiger partial charge in [0.2, 0.25) is 5.91 Å². The number of likely N-dealkylation sites (tertiary alicyclic amines) is 1. The van der Waals surface area contributed by atoms with Crippen LogP contribution in [0.4, 0.5) is 0 Å². The number of carbonyl (C=O) groups excluding carboxylic acids is 1. The highest BCUT2D eigenvalue weighted by molar-refractivity contribution is 5.89. The number of hydrogen-bond donors (Lipinski definition) is 1. The minimum Gasteiger partial charge on any atom is -0.493 e. The summed E-state index contributed by atoms with van der Waals surface area (Å²) < 4.78 is 10.7. The molecule has 1 fully saturated rings. The summed E-state index contributed by atoms with van der Waals surface area (Å²) in [6, 6.07) is 5.57. The van der Waals surface area contributed by atoms with Crippen molar-refractivity contribution in [2.45, 2.75) is 45.4 Å². The second-order valence-corrected chi connectivity index (χ2v) is 7.20. The van der Waals surface area contributed by atoms with E-state index in [-0.39, 0.29) is 12.5 Å². The van der Waals surface area contributed by atoms with Gasteiger partial charge in [-0.3, -0.25) is 9.59 Å². The Balaban J connectivity index is 2.41. The summed E-state index contributed by atoms with van der Waals surface area (Å²) in [5, 5.41) is 9.46. The van der Waals surface area contributed by atoms with Crippen LogP contribution >= 0.6 is 0 Å². The molecule has 0 bridgehead atoms. The SMILES string of the molecule is CCC(CC)(C(=O)N1CCC(C)(C(=O)O)C1)c1ccc(OC)c(OC)c1. The molecule has 0 aliphatic carbocycles. The molecule has 1 unspecified atom stereocenters. The molecule has 0 aromatic heterocycles. The minimum absolute atomic E-state index is 0.0142. The Morgan fingerprint density at radius 1 is 1.19 bits per heavy atom. The molecule has 26 heavy (non-hydrogen) atoms. The van der Waals surface area contributed by atoms with E-state index in [1.54, 1.807) is 26.0 Å². The van der Waals surface area contributed by atoms with Gasteiger partial charge < -0.3 is 19.5 Å². The van der Waals surface area contributed by atoms with Gasteiger partial charge in [-0.1, -0.05) is 19.9 Å². The molecule has 1 saturated heterocycles. The van der Waals surface area contributed by atoms with Crippen molar-refractivity contribution in [3.63, 3.8) is 0 Å². The molecule has 1 aliphatic rings. The van der Waals surface area contributed by atoms with Gasteiger partial charge in [-0.2, -0.15) is 0 Å². The number of ether oxygens (including phenoxy) is 2. The van der Waals surface area contributed by atoms with Gasteiger partial charge in [0, 0.05) is 13.1 Å². The zero-order chi connectivity index (χ0) is 19.5. The van der Waals surface area contributed by atoms with E-state index in [4.69, 9.17) is 9.47 Å². The number of aliphatic carboxylic acids is 1. The maximum Gasteiger partial charge on any atom is 0.311 e. The molecule has 0 radical (unpaired) electrons. The predicted octanol–water partition coefficient (Wildman–Crippen LogP) is 3.08. The van der Waals surface area contributed by atoms with E-state index >= 15 is 0 Å². The van der Waals surface area contributed by atoms with Crippen molar-refractivity contribution in [2.24, 2.45) is 5.41 Å². The first kappa shape index (κ1) is 20.1. The van der Waals surface area contributed by atoms with Crippen molar-refractivity contribution in [3.05, 3.63) is 23.8 Å². The van der Waals surface area contributed by atoms with Crippen molar-refractivity contribution in [2.75, 3.05) is 27.3 Å². The van der Waals surface area contributed by atoms with E-state index in [0.29, 0.717) is 37.3 Å². The number of rotatable bonds is 7. The summed E-state index contributed by atoms with van der Waals surface area (Å²) in [5.41, 5.74) is -0.710. The fourth-order valence-electron chi connectivity index (χ4n) is 3.83. The Bertz CT molecular complexity index is 683. The molecular weight excluding hydrogens is 334 g/mol. The number of benzene rings is 1. The fraction of sp³-hybridized carbons (Fsp3) is 0.600. The van der Waals surface area contributed by atoms with Crippen molar-refractivity contribution in [1.82, 2.24) is 4.90 Å². The third kappa shape index (κ3) is 3.24. The monoisotopic (exact) mass is 363 g/mol. The number of carbonyl (C=O) groups is 2. The number of nitrogens with zero attached hydrogens (tertiary/aromatic N) is 1. The van der Waals surface area contributed by atoms with Crippen LogP contribution in [0.25, 0.3) is 0 Å². The average Bonchev–Trinajstić information content (AvgIpc) is 3.06. The van der Waals surface area contributed by atoms with E-state index in [1.807, 2.05) is 32.0 Å². The van der Waals surface area contributed by atoms with Gasteiger partial charge in [0.15, 0.2) is 11.5 Å². The molecule has 1 aliphatic heterocycles. The van der Waals surface area contributed by atoms with Crippen LogP contribution in [0.3, 0.4) is 0 Å². The number of carboxylic acids is 1. The van der Waals surface area contributed by atoms with Crippen LogP contribution in [0.5, 0.6) is 11.5 Å². The lowest BCUT2D eigenvalue weighted by Gasteiger charge is -2.35. The second-order valence-electron chi connectivity index (χ2n) is 7.20.